The number of carbonyl (C=O) groups excluding carboxylic acids is 1. The second kappa shape index (κ2) is 7.44. The van der Waals surface area contributed by atoms with E-state index in [9.17, 15) is 4.79 Å². The summed E-state index contributed by atoms with van der Waals surface area (Å²) in [6.07, 6.45) is 6.77. The van der Waals surface area contributed by atoms with Gasteiger partial charge in [0, 0.05) is 37.4 Å². The summed E-state index contributed by atoms with van der Waals surface area (Å²) in [5, 5.41) is 0. The Bertz CT molecular complexity index is 852. The van der Waals surface area contributed by atoms with E-state index in [-0.39, 0.29) is 11.4 Å². The minimum absolute atomic E-state index is 0.0853. The van der Waals surface area contributed by atoms with E-state index < -0.39 is 0 Å². The van der Waals surface area contributed by atoms with E-state index in [2.05, 4.69) is 52.6 Å². The number of aromatic nitrogens is 3. The maximum Gasteiger partial charge on any atom is 0.255 e. The van der Waals surface area contributed by atoms with Gasteiger partial charge in [-0.15, -0.1) is 0 Å². The molecular weight excluding hydrogens is 352 g/mol. The van der Waals surface area contributed by atoms with Gasteiger partial charge in [-0.3, -0.25) is 9.69 Å². The summed E-state index contributed by atoms with van der Waals surface area (Å²) in [7, 11) is 4.41. The predicted octanol–water partition coefficient (Wildman–Crippen LogP) is 2.25. The Morgan fingerprint density at radius 1 is 1.11 bits per heavy atom. The highest BCUT2D eigenvalue weighted by atomic mass is 16.2. The van der Waals surface area contributed by atoms with Crippen LogP contribution in [0.25, 0.3) is 11.2 Å². The lowest BCUT2D eigenvalue weighted by molar-refractivity contribution is 0.0317. The standard InChI is InChI=1S/C21H32N6O/c1-16(2)27-15-23-18-12-17(13-22-19(18)27)20(28)26-9-5-8-25(4)21(14-26)6-10-24(3)11-7-21/h12-13,15-16H,5-11,14H2,1-4H3. The third-order valence-electron chi connectivity index (χ3n) is 6.64. The first-order chi connectivity index (χ1) is 13.4. The van der Waals surface area contributed by atoms with Crippen molar-refractivity contribution in [3.63, 3.8) is 0 Å². The van der Waals surface area contributed by atoms with Crippen molar-refractivity contribution in [2.75, 3.05) is 46.8 Å². The Hall–Kier alpha value is -1.99. The van der Waals surface area contributed by atoms with E-state index in [1.165, 1.54) is 0 Å². The quantitative estimate of drug-likeness (QED) is 0.795. The largest absolute Gasteiger partial charge is 0.337 e. The van der Waals surface area contributed by atoms with E-state index in [1.807, 2.05) is 17.0 Å². The number of pyridine rings is 1. The molecule has 2 aliphatic heterocycles. The molecule has 0 bridgehead atoms. The fraction of sp³-hybridized carbons (Fsp3) is 0.667. The zero-order chi connectivity index (χ0) is 19.9. The van der Waals surface area contributed by atoms with Gasteiger partial charge in [0.25, 0.3) is 5.91 Å². The fourth-order valence-electron chi connectivity index (χ4n) is 4.64. The van der Waals surface area contributed by atoms with Crippen LogP contribution in [0.5, 0.6) is 0 Å². The van der Waals surface area contributed by atoms with Gasteiger partial charge >= 0.3 is 0 Å². The van der Waals surface area contributed by atoms with Gasteiger partial charge in [0.05, 0.1) is 11.9 Å². The Kier molecular flexibility index (Phi) is 5.14. The maximum absolute atomic E-state index is 13.4. The van der Waals surface area contributed by atoms with Crippen molar-refractivity contribution in [3.8, 4) is 0 Å². The molecule has 4 heterocycles. The second-order valence-electron chi connectivity index (χ2n) is 8.84. The fourth-order valence-corrected chi connectivity index (χ4v) is 4.64. The summed E-state index contributed by atoms with van der Waals surface area (Å²) in [4.78, 5) is 29.3. The molecular formula is C21H32N6O. The molecule has 152 valence electrons. The molecule has 2 saturated heterocycles. The summed E-state index contributed by atoms with van der Waals surface area (Å²) in [6, 6.07) is 2.20. The van der Waals surface area contributed by atoms with E-state index in [4.69, 9.17) is 0 Å². The summed E-state index contributed by atoms with van der Waals surface area (Å²) in [5.41, 5.74) is 2.37. The summed E-state index contributed by atoms with van der Waals surface area (Å²) >= 11 is 0. The maximum atomic E-state index is 13.4. The van der Waals surface area contributed by atoms with Crippen LogP contribution in [0.1, 0.15) is 49.5 Å². The highest BCUT2D eigenvalue weighted by Gasteiger charge is 2.41. The molecule has 1 spiro atoms. The van der Waals surface area contributed by atoms with E-state index in [0.29, 0.717) is 11.6 Å². The monoisotopic (exact) mass is 384 g/mol. The number of fused-ring (bicyclic) bond motifs is 1. The molecule has 0 aliphatic carbocycles. The minimum atomic E-state index is 0.0853. The van der Waals surface area contributed by atoms with Gasteiger partial charge in [0.2, 0.25) is 0 Å². The third kappa shape index (κ3) is 3.42. The molecule has 2 aromatic rings. The van der Waals surface area contributed by atoms with Gasteiger partial charge in [-0.1, -0.05) is 0 Å². The van der Waals surface area contributed by atoms with E-state index in [1.54, 1.807) is 6.20 Å². The van der Waals surface area contributed by atoms with Crippen LogP contribution in [0, 0.1) is 0 Å². The van der Waals surface area contributed by atoms with E-state index in [0.717, 1.165) is 63.2 Å². The lowest BCUT2D eigenvalue weighted by Crippen LogP contribution is -2.58. The molecule has 0 N–H and O–H groups in total. The van der Waals surface area contributed by atoms with Gasteiger partial charge in [0.1, 0.15) is 5.52 Å². The predicted molar refractivity (Wildman–Crippen MR) is 111 cm³/mol. The number of piperidine rings is 1. The molecule has 4 rings (SSSR count). The van der Waals surface area contributed by atoms with Crippen LogP contribution in [-0.2, 0) is 0 Å². The Balaban J connectivity index is 1.59. The van der Waals surface area contributed by atoms with Crippen molar-refractivity contribution < 1.29 is 4.79 Å². The molecule has 7 nitrogen and oxygen atoms in total. The number of likely N-dealkylation sites (tertiary alicyclic amines) is 1. The van der Waals surface area contributed by atoms with Gasteiger partial charge in [-0.05, 0) is 66.4 Å². The highest BCUT2D eigenvalue weighted by Crippen LogP contribution is 2.31. The second-order valence-corrected chi connectivity index (χ2v) is 8.84. The summed E-state index contributed by atoms with van der Waals surface area (Å²) < 4.78 is 2.04. The topological polar surface area (TPSA) is 57.5 Å². The van der Waals surface area contributed by atoms with Crippen LogP contribution in [0.3, 0.4) is 0 Å². The molecule has 0 radical (unpaired) electrons. The number of hydrogen-bond acceptors (Lipinski definition) is 5. The number of nitrogens with zero attached hydrogens (tertiary/aromatic N) is 6. The Labute approximate surface area is 167 Å². The van der Waals surface area contributed by atoms with E-state index >= 15 is 0 Å². The zero-order valence-corrected chi connectivity index (χ0v) is 17.6. The number of hydrogen-bond donors (Lipinski definition) is 0. The molecule has 2 fully saturated rings. The average molecular weight is 385 g/mol. The molecule has 2 aromatic heterocycles. The van der Waals surface area contributed by atoms with Crippen LogP contribution < -0.4 is 0 Å². The Morgan fingerprint density at radius 3 is 2.57 bits per heavy atom. The minimum Gasteiger partial charge on any atom is -0.337 e. The average Bonchev–Trinajstić information content (AvgIpc) is 3.04. The molecule has 28 heavy (non-hydrogen) atoms. The molecule has 1 amide bonds. The zero-order valence-electron chi connectivity index (χ0n) is 17.6. The van der Waals surface area contributed by atoms with Crippen LogP contribution in [0.4, 0.5) is 0 Å². The van der Waals surface area contributed by atoms with Gasteiger partial charge in [-0.2, -0.15) is 0 Å². The van der Waals surface area contributed by atoms with Crippen LogP contribution in [0.2, 0.25) is 0 Å². The van der Waals surface area contributed by atoms with Gasteiger partial charge < -0.3 is 14.4 Å². The lowest BCUT2D eigenvalue weighted by atomic mass is 9.85. The lowest BCUT2D eigenvalue weighted by Gasteiger charge is -2.47. The van der Waals surface area contributed by atoms with Crippen molar-refractivity contribution in [1.82, 2.24) is 29.2 Å². The number of carbonyl (C=O) groups is 1. The van der Waals surface area contributed by atoms with Crippen molar-refractivity contribution in [3.05, 3.63) is 24.2 Å². The smallest absolute Gasteiger partial charge is 0.255 e. The summed E-state index contributed by atoms with van der Waals surface area (Å²) in [6.45, 7) is 9.05. The number of likely N-dealkylation sites (N-methyl/N-ethyl adjacent to an activating group) is 1. The Morgan fingerprint density at radius 2 is 1.86 bits per heavy atom. The molecule has 2 aliphatic rings. The number of imidazole rings is 1. The number of amides is 1. The highest BCUT2D eigenvalue weighted by molar-refractivity contribution is 5.96. The molecule has 0 aromatic carbocycles. The van der Waals surface area contributed by atoms with Crippen LogP contribution in [0.15, 0.2) is 18.6 Å². The normalized spacial score (nSPS) is 21.5. The SMILES string of the molecule is CC(C)n1cnc2cc(C(=O)N3CCCN(C)C4(CCN(C)CC4)C3)cnc21. The van der Waals surface area contributed by atoms with Crippen LogP contribution in [-0.4, -0.2) is 87.5 Å². The first-order valence-corrected chi connectivity index (χ1v) is 10.4. The van der Waals surface area contributed by atoms with Gasteiger partial charge in [0.15, 0.2) is 5.65 Å². The molecule has 0 saturated carbocycles. The van der Waals surface area contributed by atoms with Gasteiger partial charge in [-0.25, -0.2) is 9.97 Å². The first-order valence-electron chi connectivity index (χ1n) is 10.4. The third-order valence-corrected chi connectivity index (χ3v) is 6.64. The van der Waals surface area contributed by atoms with Crippen molar-refractivity contribution >= 4 is 17.1 Å². The number of rotatable bonds is 2. The van der Waals surface area contributed by atoms with Crippen molar-refractivity contribution in [2.24, 2.45) is 0 Å². The molecule has 7 heteroatoms. The van der Waals surface area contributed by atoms with Crippen LogP contribution >= 0.6 is 0 Å². The summed E-state index contributed by atoms with van der Waals surface area (Å²) in [5.74, 6) is 0.0853. The first kappa shape index (κ1) is 19.3. The molecule has 0 unspecified atom stereocenters. The van der Waals surface area contributed by atoms with Crippen molar-refractivity contribution in [2.45, 2.75) is 44.7 Å². The van der Waals surface area contributed by atoms with Crippen molar-refractivity contribution in [1.29, 1.82) is 0 Å². The molecule has 0 atom stereocenters.